The Morgan fingerprint density at radius 1 is 1.26 bits per heavy atom. The van der Waals surface area contributed by atoms with E-state index >= 15 is 0 Å². The molecule has 27 heavy (non-hydrogen) atoms. The van der Waals surface area contributed by atoms with Gasteiger partial charge >= 0.3 is 0 Å². The van der Waals surface area contributed by atoms with Gasteiger partial charge in [0.25, 0.3) is 0 Å². The highest BCUT2D eigenvalue weighted by atomic mass is 35.5. The van der Waals surface area contributed by atoms with Crippen LogP contribution in [0.25, 0.3) is 0 Å². The van der Waals surface area contributed by atoms with Gasteiger partial charge < -0.3 is 10.1 Å². The number of methoxy groups -OCH3 is 1. The van der Waals surface area contributed by atoms with Gasteiger partial charge in [-0.1, -0.05) is 48.0 Å². The van der Waals surface area contributed by atoms with Gasteiger partial charge in [0.2, 0.25) is 15.9 Å². The van der Waals surface area contributed by atoms with Crippen LogP contribution in [-0.2, 0) is 21.2 Å². The van der Waals surface area contributed by atoms with Crippen LogP contribution < -0.4 is 14.8 Å². The Labute approximate surface area is 164 Å². The lowest BCUT2D eigenvalue weighted by Crippen LogP contribution is -2.48. The summed E-state index contributed by atoms with van der Waals surface area (Å²) in [5.74, 6) is -0.0814. The van der Waals surface area contributed by atoms with E-state index in [0.29, 0.717) is 5.75 Å². The van der Waals surface area contributed by atoms with Gasteiger partial charge in [-0.05, 0) is 30.2 Å². The van der Waals surface area contributed by atoms with Gasteiger partial charge in [0.1, 0.15) is 11.8 Å². The van der Waals surface area contributed by atoms with Crippen molar-refractivity contribution in [2.75, 3.05) is 13.7 Å². The largest absolute Gasteiger partial charge is 0.495 e. The minimum absolute atomic E-state index is 0.0529. The zero-order chi connectivity index (χ0) is 19.9. The molecule has 1 amide bonds. The number of carbonyl (C=O) groups excluding carboxylic acids is 1. The minimum atomic E-state index is -3.97. The molecule has 144 valence electrons. The van der Waals surface area contributed by atoms with Crippen LogP contribution in [0.3, 0.4) is 0 Å². The van der Waals surface area contributed by atoms with E-state index in [-0.39, 0.29) is 22.9 Å². The van der Waals surface area contributed by atoms with Crippen LogP contribution in [0.15, 0.2) is 66.1 Å². The molecule has 2 rings (SSSR count). The quantitative estimate of drug-likeness (QED) is 0.624. The molecule has 2 aromatic rings. The number of nitrogens with one attached hydrogen (secondary N) is 2. The van der Waals surface area contributed by atoms with Gasteiger partial charge in [-0.2, -0.15) is 4.72 Å². The second kappa shape index (κ2) is 9.55. The first-order chi connectivity index (χ1) is 12.9. The standard InChI is InChI=1S/C19H21ClN2O4S/c1-3-11-21-19(23)17(12-14-7-5-4-6-8-14)22-27(24,25)15-9-10-18(26-2)16(20)13-15/h3-10,13,17,22H,1,11-12H2,2H3,(H,21,23). The molecule has 0 saturated heterocycles. The number of amides is 1. The van der Waals surface area contributed by atoms with Crippen molar-refractivity contribution >= 4 is 27.5 Å². The molecule has 0 saturated carbocycles. The Balaban J connectivity index is 2.27. The molecule has 0 aromatic heterocycles. The summed E-state index contributed by atoms with van der Waals surface area (Å²) >= 11 is 6.03. The summed E-state index contributed by atoms with van der Waals surface area (Å²) in [7, 11) is -2.54. The SMILES string of the molecule is C=CCNC(=O)C(Cc1ccccc1)NS(=O)(=O)c1ccc(OC)c(Cl)c1. The zero-order valence-electron chi connectivity index (χ0n) is 14.8. The Morgan fingerprint density at radius 2 is 1.96 bits per heavy atom. The van der Waals surface area contributed by atoms with Gasteiger partial charge in [0.15, 0.2) is 0 Å². The smallest absolute Gasteiger partial charge is 0.241 e. The number of sulfonamides is 1. The molecule has 0 spiro atoms. The van der Waals surface area contributed by atoms with E-state index in [2.05, 4.69) is 16.6 Å². The van der Waals surface area contributed by atoms with Crippen LogP contribution in [0.5, 0.6) is 5.75 Å². The average molecular weight is 409 g/mol. The first kappa shape index (κ1) is 21.0. The zero-order valence-corrected chi connectivity index (χ0v) is 16.4. The average Bonchev–Trinajstić information content (AvgIpc) is 2.66. The summed E-state index contributed by atoms with van der Waals surface area (Å²) in [6.45, 7) is 3.78. The molecule has 0 aliphatic heterocycles. The van der Waals surface area contributed by atoms with E-state index in [1.54, 1.807) is 0 Å². The highest BCUT2D eigenvalue weighted by molar-refractivity contribution is 7.89. The number of carbonyl (C=O) groups is 1. The van der Waals surface area contributed by atoms with Crippen LogP contribution in [0.2, 0.25) is 5.02 Å². The maximum atomic E-state index is 12.8. The van der Waals surface area contributed by atoms with Crippen molar-refractivity contribution in [3.63, 3.8) is 0 Å². The predicted molar refractivity (Wildman–Crippen MR) is 105 cm³/mol. The maximum absolute atomic E-state index is 12.8. The molecule has 1 atom stereocenters. The van der Waals surface area contributed by atoms with Gasteiger partial charge in [0.05, 0.1) is 17.0 Å². The summed E-state index contributed by atoms with van der Waals surface area (Å²) in [5.41, 5.74) is 0.826. The van der Waals surface area contributed by atoms with E-state index in [1.165, 1.54) is 31.4 Å². The molecule has 0 radical (unpaired) electrons. The summed E-state index contributed by atoms with van der Waals surface area (Å²) in [6, 6.07) is 12.3. The first-order valence-corrected chi connectivity index (χ1v) is 10.0. The molecular formula is C19H21ClN2O4S. The van der Waals surface area contributed by atoms with E-state index < -0.39 is 22.0 Å². The fraction of sp³-hybridized carbons (Fsp3) is 0.211. The third-order valence-electron chi connectivity index (χ3n) is 3.75. The lowest BCUT2D eigenvalue weighted by Gasteiger charge is -2.18. The summed E-state index contributed by atoms with van der Waals surface area (Å²) in [4.78, 5) is 12.4. The Kier molecular flexibility index (Phi) is 7.41. The van der Waals surface area contributed by atoms with E-state index in [0.717, 1.165) is 5.56 Å². The maximum Gasteiger partial charge on any atom is 0.241 e. The number of ether oxygens (including phenoxy) is 1. The molecule has 0 heterocycles. The molecule has 0 aliphatic rings. The van der Waals surface area contributed by atoms with Crippen LogP contribution in [0, 0.1) is 0 Å². The highest BCUT2D eigenvalue weighted by Gasteiger charge is 2.26. The number of benzene rings is 2. The molecule has 1 unspecified atom stereocenters. The van der Waals surface area contributed by atoms with Crippen LogP contribution >= 0.6 is 11.6 Å². The lowest BCUT2D eigenvalue weighted by molar-refractivity contribution is -0.122. The molecule has 8 heteroatoms. The van der Waals surface area contributed by atoms with Crippen LogP contribution in [0.1, 0.15) is 5.56 Å². The minimum Gasteiger partial charge on any atom is -0.495 e. The van der Waals surface area contributed by atoms with Gasteiger partial charge in [-0.25, -0.2) is 8.42 Å². The van der Waals surface area contributed by atoms with Crippen molar-refractivity contribution in [2.45, 2.75) is 17.4 Å². The third kappa shape index (κ3) is 5.82. The molecular weight excluding hydrogens is 388 g/mol. The Hall–Kier alpha value is -2.35. The normalized spacial score (nSPS) is 12.2. The molecule has 2 N–H and O–H groups in total. The van der Waals surface area contributed by atoms with Crippen LogP contribution in [-0.4, -0.2) is 34.0 Å². The molecule has 0 aliphatic carbocycles. The molecule has 2 aromatic carbocycles. The van der Waals surface area contributed by atoms with Crippen molar-refractivity contribution in [1.82, 2.24) is 10.0 Å². The van der Waals surface area contributed by atoms with Crippen molar-refractivity contribution in [1.29, 1.82) is 0 Å². The number of hydrogen-bond donors (Lipinski definition) is 2. The van der Waals surface area contributed by atoms with Crippen molar-refractivity contribution in [2.24, 2.45) is 0 Å². The summed E-state index contributed by atoms with van der Waals surface area (Å²) in [6.07, 6.45) is 1.72. The third-order valence-corrected chi connectivity index (χ3v) is 5.52. The topological polar surface area (TPSA) is 84.5 Å². The van der Waals surface area contributed by atoms with Crippen LogP contribution in [0.4, 0.5) is 0 Å². The second-order valence-electron chi connectivity index (χ2n) is 5.69. The van der Waals surface area contributed by atoms with Crippen molar-refractivity contribution in [3.8, 4) is 5.75 Å². The van der Waals surface area contributed by atoms with Gasteiger partial charge in [-0.3, -0.25) is 4.79 Å². The fourth-order valence-electron chi connectivity index (χ4n) is 2.40. The highest BCUT2D eigenvalue weighted by Crippen LogP contribution is 2.27. The lowest BCUT2D eigenvalue weighted by atomic mass is 10.1. The predicted octanol–water partition coefficient (Wildman–Crippen LogP) is 2.54. The van der Waals surface area contributed by atoms with Gasteiger partial charge in [0, 0.05) is 6.54 Å². The monoisotopic (exact) mass is 408 g/mol. The summed E-state index contributed by atoms with van der Waals surface area (Å²) < 4.78 is 33.0. The Morgan fingerprint density at radius 3 is 2.56 bits per heavy atom. The molecule has 6 nitrogen and oxygen atoms in total. The van der Waals surface area contributed by atoms with E-state index in [1.807, 2.05) is 30.3 Å². The molecule has 0 bridgehead atoms. The number of halogens is 1. The van der Waals surface area contributed by atoms with Crippen molar-refractivity contribution in [3.05, 3.63) is 71.8 Å². The van der Waals surface area contributed by atoms with E-state index in [9.17, 15) is 13.2 Å². The fourth-order valence-corrected chi connectivity index (χ4v) is 3.95. The van der Waals surface area contributed by atoms with Crippen molar-refractivity contribution < 1.29 is 17.9 Å². The number of rotatable bonds is 9. The van der Waals surface area contributed by atoms with Gasteiger partial charge in [-0.15, -0.1) is 6.58 Å². The Bertz CT molecular complexity index is 901. The first-order valence-electron chi connectivity index (χ1n) is 8.15. The summed E-state index contributed by atoms with van der Waals surface area (Å²) in [5, 5.41) is 2.79. The van der Waals surface area contributed by atoms with E-state index in [4.69, 9.17) is 16.3 Å². The number of hydrogen-bond acceptors (Lipinski definition) is 4. The molecule has 0 fully saturated rings. The second-order valence-corrected chi connectivity index (χ2v) is 7.81.